The molecule has 1 heterocycles. The summed E-state index contributed by atoms with van der Waals surface area (Å²) in [6.07, 6.45) is 5.83. The third kappa shape index (κ3) is 2.40. The first-order valence-electron chi connectivity index (χ1n) is 6.76. The lowest BCUT2D eigenvalue weighted by Crippen LogP contribution is -2.46. The Morgan fingerprint density at radius 2 is 2.19 bits per heavy atom. The summed E-state index contributed by atoms with van der Waals surface area (Å²) < 4.78 is 0. The van der Waals surface area contributed by atoms with Gasteiger partial charge in [-0.05, 0) is 44.1 Å². The number of carbonyl (C=O) groups is 1. The summed E-state index contributed by atoms with van der Waals surface area (Å²) in [5.74, 6) is 1.68. The Labute approximate surface area is 98.4 Å². The number of nitrogens with one attached hydrogen (secondary N) is 2. The van der Waals surface area contributed by atoms with Crippen LogP contribution < -0.4 is 10.6 Å². The van der Waals surface area contributed by atoms with Crippen LogP contribution in [0.1, 0.15) is 46.0 Å². The molecule has 92 valence electrons. The lowest BCUT2D eigenvalue weighted by Gasteiger charge is -2.22. The van der Waals surface area contributed by atoms with E-state index in [1.54, 1.807) is 0 Å². The highest BCUT2D eigenvalue weighted by molar-refractivity contribution is 5.82. The Hall–Kier alpha value is -0.570. The van der Waals surface area contributed by atoms with Crippen LogP contribution >= 0.6 is 0 Å². The molecule has 1 saturated heterocycles. The monoisotopic (exact) mass is 224 g/mol. The second kappa shape index (κ2) is 5.17. The van der Waals surface area contributed by atoms with E-state index in [1.165, 1.54) is 12.8 Å². The highest BCUT2D eigenvalue weighted by Gasteiger charge is 2.34. The molecule has 0 aromatic heterocycles. The minimum Gasteiger partial charge on any atom is -0.352 e. The Balaban J connectivity index is 1.83. The highest BCUT2D eigenvalue weighted by Crippen LogP contribution is 2.33. The van der Waals surface area contributed by atoms with Crippen LogP contribution in [0.3, 0.4) is 0 Å². The summed E-state index contributed by atoms with van der Waals surface area (Å²) >= 11 is 0. The van der Waals surface area contributed by atoms with Crippen molar-refractivity contribution in [2.24, 2.45) is 11.8 Å². The molecule has 1 aliphatic heterocycles. The fourth-order valence-corrected chi connectivity index (χ4v) is 3.22. The number of carbonyl (C=O) groups excluding carboxylic acids is 1. The van der Waals surface area contributed by atoms with Gasteiger partial charge in [-0.1, -0.05) is 20.3 Å². The van der Waals surface area contributed by atoms with E-state index >= 15 is 0 Å². The molecule has 2 N–H and O–H groups in total. The lowest BCUT2D eigenvalue weighted by molar-refractivity contribution is -0.123. The predicted molar refractivity (Wildman–Crippen MR) is 65.1 cm³/mol. The maximum atomic E-state index is 12.0. The molecule has 3 nitrogen and oxygen atoms in total. The molecule has 1 saturated carbocycles. The van der Waals surface area contributed by atoms with Crippen LogP contribution in [0.5, 0.6) is 0 Å². The Bertz CT molecular complexity index is 248. The Morgan fingerprint density at radius 3 is 2.75 bits per heavy atom. The van der Waals surface area contributed by atoms with Crippen molar-refractivity contribution in [3.8, 4) is 0 Å². The molecule has 0 radical (unpaired) electrons. The van der Waals surface area contributed by atoms with Gasteiger partial charge in [-0.2, -0.15) is 0 Å². The maximum absolute atomic E-state index is 12.0. The fraction of sp³-hybridized carbons (Fsp3) is 0.923. The van der Waals surface area contributed by atoms with Crippen molar-refractivity contribution in [3.63, 3.8) is 0 Å². The van der Waals surface area contributed by atoms with Crippen molar-refractivity contribution in [2.45, 2.75) is 58.0 Å². The zero-order valence-corrected chi connectivity index (χ0v) is 10.5. The summed E-state index contributed by atoms with van der Waals surface area (Å²) in [4.78, 5) is 12.0. The van der Waals surface area contributed by atoms with Gasteiger partial charge in [0, 0.05) is 6.04 Å². The van der Waals surface area contributed by atoms with E-state index in [9.17, 15) is 4.79 Å². The second-order valence-electron chi connectivity index (χ2n) is 5.37. The van der Waals surface area contributed by atoms with E-state index in [4.69, 9.17) is 0 Å². The van der Waals surface area contributed by atoms with Crippen molar-refractivity contribution in [1.29, 1.82) is 0 Å². The van der Waals surface area contributed by atoms with Crippen LogP contribution in [0.4, 0.5) is 0 Å². The Kier molecular flexibility index (Phi) is 3.85. The van der Waals surface area contributed by atoms with E-state index in [1.807, 2.05) is 0 Å². The molecular weight excluding hydrogens is 200 g/mol. The first-order chi connectivity index (χ1) is 7.72. The first-order valence-corrected chi connectivity index (χ1v) is 6.76. The Morgan fingerprint density at radius 1 is 1.38 bits per heavy atom. The van der Waals surface area contributed by atoms with Gasteiger partial charge in [0.05, 0.1) is 6.04 Å². The van der Waals surface area contributed by atoms with Crippen LogP contribution in [-0.2, 0) is 4.79 Å². The van der Waals surface area contributed by atoms with Gasteiger partial charge in [0.1, 0.15) is 0 Å². The van der Waals surface area contributed by atoms with Gasteiger partial charge in [0.15, 0.2) is 0 Å². The van der Waals surface area contributed by atoms with Gasteiger partial charge in [-0.3, -0.25) is 4.79 Å². The van der Waals surface area contributed by atoms with Gasteiger partial charge in [-0.25, -0.2) is 0 Å². The first kappa shape index (κ1) is 11.9. The van der Waals surface area contributed by atoms with Crippen LogP contribution in [0, 0.1) is 11.8 Å². The largest absolute Gasteiger partial charge is 0.352 e. The van der Waals surface area contributed by atoms with E-state index in [-0.39, 0.29) is 11.9 Å². The number of hydrogen-bond acceptors (Lipinski definition) is 2. The summed E-state index contributed by atoms with van der Waals surface area (Å²) in [6, 6.07) is 0.493. The molecule has 2 aliphatic rings. The molecule has 4 unspecified atom stereocenters. The molecule has 2 fully saturated rings. The third-order valence-electron chi connectivity index (χ3n) is 4.46. The number of rotatable bonds is 3. The van der Waals surface area contributed by atoms with Gasteiger partial charge in [0.25, 0.3) is 0 Å². The molecule has 0 bridgehead atoms. The smallest absolute Gasteiger partial charge is 0.237 e. The standard InChI is InChI=1S/C13H24N2O/c1-3-10-6-7-11(9(10)2)15-13(16)12-5-4-8-14-12/h9-12,14H,3-8H2,1-2H3,(H,15,16). The van der Waals surface area contributed by atoms with E-state index in [2.05, 4.69) is 24.5 Å². The van der Waals surface area contributed by atoms with E-state index < -0.39 is 0 Å². The van der Waals surface area contributed by atoms with Crippen molar-refractivity contribution in [3.05, 3.63) is 0 Å². The minimum atomic E-state index is 0.0767. The highest BCUT2D eigenvalue weighted by atomic mass is 16.2. The molecular formula is C13H24N2O. The summed E-state index contributed by atoms with van der Waals surface area (Å²) in [5.41, 5.74) is 0. The van der Waals surface area contributed by atoms with Crippen molar-refractivity contribution >= 4 is 5.91 Å². The van der Waals surface area contributed by atoms with Crippen molar-refractivity contribution in [1.82, 2.24) is 10.6 Å². The summed E-state index contributed by atoms with van der Waals surface area (Å²) in [5, 5.41) is 6.49. The predicted octanol–water partition coefficient (Wildman–Crippen LogP) is 1.68. The second-order valence-corrected chi connectivity index (χ2v) is 5.37. The van der Waals surface area contributed by atoms with Crippen molar-refractivity contribution < 1.29 is 4.79 Å². The average molecular weight is 224 g/mol. The summed E-state index contributed by atoms with van der Waals surface area (Å²) in [7, 11) is 0. The molecule has 16 heavy (non-hydrogen) atoms. The normalized spacial score (nSPS) is 38.9. The third-order valence-corrected chi connectivity index (χ3v) is 4.46. The maximum Gasteiger partial charge on any atom is 0.237 e. The van der Waals surface area contributed by atoms with Crippen LogP contribution in [0.2, 0.25) is 0 Å². The molecule has 3 heteroatoms. The topological polar surface area (TPSA) is 41.1 Å². The van der Waals surface area contributed by atoms with Crippen LogP contribution in [-0.4, -0.2) is 24.5 Å². The average Bonchev–Trinajstić information content (AvgIpc) is 2.89. The van der Waals surface area contributed by atoms with Gasteiger partial charge < -0.3 is 10.6 Å². The quantitative estimate of drug-likeness (QED) is 0.766. The van der Waals surface area contributed by atoms with Crippen molar-refractivity contribution in [2.75, 3.05) is 6.54 Å². The zero-order chi connectivity index (χ0) is 11.5. The summed E-state index contributed by atoms with van der Waals surface area (Å²) in [6.45, 7) is 5.54. The van der Waals surface area contributed by atoms with Crippen LogP contribution in [0.15, 0.2) is 0 Å². The van der Waals surface area contributed by atoms with E-state index in [0.29, 0.717) is 12.0 Å². The molecule has 0 spiro atoms. The SMILES string of the molecule is CCC1CCC(NC(=O)C2CCCN2)C1C. The number of hydrogen-bond donors (Lipinski definition) is 2. The lowest BCUT2D eigenvalue weighted by atomic mass is 9.93. The molecule has 0 aromatic rings. The fourth-order valence-electron chi connectivity index (χ4n) is 3.22. The molecule has 0 aromatic carbocycles. The zero-order valence-electron chi connectivity index (χ0n) is 10.5. The van der Waals surface area contributed by atoms with E-state index in [0.717, 1.165) is 31.7 Å². The molecule has 2 rings (SSSR count). The molecule has 1 amide bonds. The minimum absolute atomic E-state index is 0.0767. The molecule has 4 atom stereocenters. The molecule has 1 aliphatic carbocycles. The number of amides is 1. The van der Waals surface area contributed by atoms with Gasteiger partial charge in [0.2, 0.25) is 5.91 Å². The van der Waals surface area contributed by atoms with Gasteiger partial charge in [-0.15, -0.1) is 0 Å². The van der Waals surface area contributed by atoms with Gasteiger partial charge >= 0.3 is 0 Å². The van der Waals surface area contributed by atoms with Crippen LogP contribution in [0.25, 0.3) is 0 Å².